The SMILES string of the molecule is CC(C)(Br)C=O.CC(C)(C=O)N1CCC(F)(F)CC1.FC1(F)CCNCC1. The maximum absolute atomic E-state index is 12.8. The van der Waals surface area contributed by atoms with Crippen LogP contribution in [0.5, 0.6) is 0 Å². The number of nitrogens with zero attached hydrogens (tertiary/aromatic N) is 1. The Morgan fingerprint density at radius 3 is 1.48 bits per heavy atom. The summed E-state index contributed by atoms with van der Waals surface area (Å²) in [6, 6.07) is 0. The molecule has 0 spiro atoms. The molecule has 2 saturated heterocycles. The second-order valence-corrected chi connectivity index (χ2v) is 9.95. The first kappa shape index (κ1) is 26.5. The predicted molar refractivity (Wildman–Crippen MR) is 102 cm³/mol. The van der Waals surface area contributed by atoms with Crippen molar-refractivity contribution < 1.29 is 27.2 Å². The summed E-state index contributed by atoms with van der Waals surface area (Å²) in [5, 5.41) is 2.86. The van der Waals surface area contributed by atoms with Crippen LogP contribution < -0.4 is 5.32 Å². The van der Waals surface area contributed by atoms with Gasteiger partial charge in [-0.15, -0.1) is 0 Å². The van der Waals surface area contributed by atoms with Crippen LogP contribution in [-0.2, 0) is 9.59 Å². The maximum atomic E-state index is 12.8. The highest BCUT2D eigenvalue weighted by Gasteiger charge is 2.38. The third kappa shape index (κ3) is 12.5. The number of carbonyl (C=O) groups is 2. The zero-order chi connectivity index (χ0) is 21.4. The highest BCUT2D eigenvalue weighted by Crippen LogP contribution is 2.30. The van der Waals surface area contributed by atoms with E-state index in [0.29, 0.717) is 26.2 Å². The first-order valence-corrected chi connectivity index (χ1v) is 9.76. The van der Waals surface area contributed by atoms with Crippen LogP contribution in [0.3, 0.4) is 0 Å². The number of aldehydes is 2. The van der Waals surface area contributed by atoms with E-state index in [1.807, 2.05) is 0 Å². The van der Waals surface area contributed by atoms with Crippen LogP contribution in [-0.4, -0.2) is 65.4 Å². The Bertz CT molecular complexity index is 451. The molecule has 0 amide bonds. The molecule has 4 nitrogen and oxygen atoms in total. The molecule has 0 atom stereocenters. The summed E-state index contributed by atoms with van der Waals surface area (Å²) < 4.78 is 49.5. The first-order valence-electron chi connectivity index (χ1n) is 8.97. The van der Waals surface area contributed by atoms with Crippen LogP contribution >= 0.6 is 15.9 Å². The van der Waals surface area contributed by atoms with Crippen molar-refractivity contribution >= 4 is 28.5 Å². The van der Waals surface area contributed by atoms with Gasteiger partial charge in [-0.05, 0) is 27.7 Å². The fourth-order valence-corrected chi connectivity index (χ4v) is 2.28. The standard InChI is InChI=1S/C9H15F2NO.C5H9F2N.C4H7BrO/c1-8(2,7-13)12-5-3-9(10,11)4-6-12;6-5(7)1-3-8-4-2-5;1-4(2,5)3-6/h7H,3-6H2,1-2H3;8H,1-4H2;3H,1-2H3. The Balaban J connectivity index is 0.000000413. The predicted octanol–water partition coefficient (Wildman–Crippen LogP) is 4.06. The van der Waals surface area contributed by atoms with Gasteiger partial charge in [0.1, 0.15) is 12.6 Å². The topological polar surface area (TPSA) is 49.4 Å². The van der Waals surface area contributed by atoms with E-state index in [2.05, 4.69) is 21.2 Å². The Hall–Kier alpha value is -0.540. The summed E-state index contributed by atoms with van der Waals surface area (Å²) in [6.45, 7) is 8.63. The summed E-state index contributed by atoms with van der Waals surface area (Å²) in [5.41, 5.74) is -0.601. The van der Waals surface area contributed by atoms with E-state index in [-0.39, 0.29) is 30.0 Å². The van der Waals surface area contributed by atoms with Crippen LogP contribution in [0.4, 0.5) is 17.6 Å². The summed E-state index contributed by atoms with van der Waals surface area (Å²) in [5.74, 6) is -4.92. The van der Waals surface area contributed by atoms with E-state index in [1.165, 1.54) is 0 Å². The lowest BCUT2D eigenvalue weighted by Crippen LogP contribution is -2.51. The van der Waals surface area contributed by atoms with E-state index in [9.17, 15) is 27.2 Å². The summed E-state index contributed by atoms with van der Waals surface area (Å²) >= 11 is 3.11. The van der Waals surface area contributed by atoms with Crippen LogP contribution in [0.25, 0.3) is 0 Å². The van der Waals surface area contributed by atoms with Crippen molar-refractivity contribution in [3.63, 3.8) is 0 Å². The lowest BCUT2D eigenvalue weighted by molar-refractivity contribution is -0.122. The minimum Gasteiger partial charge on any atom is -0.316 e. The van der Waals surface area contributed by atoms with Gasteiger partial charge in [0.25, 0.3) is 11.8 Å². The van der Waals surface area contributed by atoms with Crippen molar-refractivity contribution in [3.05, 3.63) is 0 Å². The Labute approximate surface area is 167 Å². The molecule has 9 heteroatoms. The molecule has 2 heterocycles. The molecule has 0 aromatic heterocycles. The van der Waals surface area contributed by atoms with Crippen LogP contribution in [0.1, 0.15) is 53.4 Å². The van der Waals surface area contributed by atoms with Crippen LogP contribution in [0, 0.1) is 0 Å². The van der Waals surface area contributed by atoms with Crippen LogP contribution in [0.2, 0.25) is 0 Å². The lowest BCUT2D eigenvalue weighted by atomic mass is 9.98. The van der Waals surface area contributed by atoms with Crippen molar-refractivity contribution in [1.82, 2.24) is 10.2 Å². The highest BCUT2D eigenvalue weighted by molar-refractivity contribution is 9.10. The fraction of sp³-hybridized carbons (Fsp3) is 0.889. The molecule has 0 aromatic rings. The molecule has 1 N–H and O–H groups in total. The largest absolute Gasteiger partial charge is 0.316 e. The second-order valence-electron chi connectivity index (χ2n) is 7.90. The third-order valence-electron chi connectivity index (χ3n) is 4.21. The van der Waals surface area contributed by atoms with E-state index in [4.69, 9.17) is 0 Å². The van der Waals surface area contributed by atoms with E-state index < -0.39 is 17.4 Å². The van der Waals surface area contributed by atoms with Crippen molar-refractivity contribution in [2.24, 2.45) is 0 Å². The van der Waals surface area contributed by atoms with Crippen molar-refractivity contribution in [2.75, 3.05) is 26.2 Å². The third-order valence-corrected chi connectivity index (χ3v) is 4.40. The summed E-state index contributed by atoms with van der Waals surface area (Å²) in [4.78, 5) is 22.2. The summed E-state index contributed by atoms with van der Waals surface area (Å²) in [7, 11) is 0. The number of rotatable bonds is 3. The molecule has 0 radical (unpaired) electrons. The van der Waals surface area contributed by atoms with Gasteiger partial charge in [-0.2, -0.15) is 0 Å². The van der Waals surface area contributed by atoms with Gasteiger partial charge in [-0.25, -0.2) is 17.6 Å². The molecule has 0 aliphatic carbocycles. The molecule has 2 fully saturated rings. The number of likely N-dealkylation sites (tertiary alicyclic amines) is 1. The van der Waals surface area contributed by atoms with Crippen LogP contribution in [0.15, 0.2) is 0 Å². The quantitative estimate of drug-likeness (QED) is 0.390. The number of nitrogens with one attached hydrogen (secondary N) is 1. The van der Waals surface area contributed by atoms with E-state index in [1.54, 1.807) is 32.6 Å². The number of piperidine rings is 2. The molecule has 0 aromatic carbocycles. The number of hydrogen-bond acceptors (Lipinski definition) is 4. The number of carbonyl (C=O) groups excluding carboxylic acids is 2. The Kier molecular flexibility index (Phi) is 10.6. The normalized spacial score (nSPS) is 22.4. The van der Waals surface area contributed by atoms with Gasteiger partial charge in [0.15, 0.2) is 0 Å². The van der Waals surface area contributed by atoms with Gasteiger partial charge in [-0.3, -0.25) is 4.90 Å². The molecule has 2 aliphatic rings. The van der Waals surface area contributed by atoms with Crippen molar-refractivity contribution in [3.8, 4) is 0 Å². The van der Waals surface area contributed by atoms with Crippen molar-refractivity contribution in [1.29, 1.82) is 0 Å². The minimum absolute atomic E-state index is 0.00694. The van der Waals surface area contributed by atoms with Gasteiger partial charge < -0.3 is 14.9 Å². The number of alkyl halides is 5. The number of hydrogen-bond donors (Lipinski definition) is 1. The Morgan fingerprint density at radius 2 is 1.22 bits per heavy atom. The van der Waals surface area contributed by atoms with E-state index in [0.717, 1.165) is 12.6 Å². The highest BCUT2D eigenvalue weighted by atomic mass is 79.9. The molecular weight excluding hydrogens is 432 g/mol. The summed E-state index contributed by atoms with van der Waals surface area (Å²) in [6.07, 6.45) is 1.41. The molecule has 0 saturated carbocycles. The molecule has 27 heavy (non-hydrogen) atoms. The maximum Gasteiger partial charge on any atom is 0.250 e. The van der Waals surface area contributed by atoms with Gasteiger partial charge in [-0.1, -0.05) is 15.9 Å². The van der Waals surface area contributed by atoms with E-state index >= 15 is 0 Å². The molecule has 2 aliphatic heterocycles. The second kappa shape index (κ2) is 10.9. The lowest BCUT2D eigenvalue weighted by Gasteiger charge is -2.39. The van der Waals surface area contributed by atoms with Gasteiger partial charge in [0.2, 0.25) is 0 Å². The monoisotopic (exact) mass is 462 g/mol. The Morgan fingerprint density at radius 1 is 0.852 bits per heavy atom. The molecule has 0 bridgehead atoms. The molecule has 2 rings (SSSR count). The van der Waals surface area contributed by atoms with Crippen molar-refractivity contribution in [2.45, 2.75) is 75.1 Å². The van der Waals surface area contributed by atoms with Gasteiger partial charge >= 0.3 is 0 Å². The zero-order valence-electron chi connectivity index (χ0n) is 16.5. The average molecular weight is 463 g/mol. The molecule has 160 valence electrons. The molecule has 0 unspecified atom stereocenters. The fourth-order valence-electron chi connectivity index (χ4n) is 2.28. The molecular formula is C18H31BrF4N2O2. The first-order chi connectivity index (χ1) is 12.1. The average Bonchev–Trinajstić information content (AvgIpc) is 2.55. The number of halogens is 5. The van der Waals surface area contributed by atoms with Gasteiger partial charge in [0.05, 0.1) is 9.86 Å². The zero-order valence-corrected chi connectivity index (χ0v) is 18.1. The minimum atomic E-state index is -2.53. The van der Waals surface area contributed by atoms with Gasteiger partial charge in [0, 0.05) is 51.9 Å². The smallest absolute Gasteiger partial charge is 0.250 e.